The number of anilines is 1. The molecule has 2 rings (SSSR count). The number of rotatable bonds is 7. The normalized spacial score (nSPS) is 11.7. The molecular formula is C19H17BrF3N3O3. The largest absolute Gasteiger partial charge is 0.484 e. The zero-order valence-corrected chi connectivity index (χ0v) is 16.8. The lowest BCUT2D eigenvalue weighted by molar-refractivity contribution is -0.137. The number of halogens is 4. The summed E-state index contributed by atoms with van der Waals surface area (Å²) in [5.41, 5.74) is 1.15. The molecule has 0 spiro atoms. The van der Waals surface area contributed by atoms with E-state index in [4.69, 9.17) is 4.74 Å². The van der Waals surface area contributed by atoms with E-state index in [-0.39, 0.29) is 24.4 Å². The molecule has 0 heterocycles. The topological polar surface area (TPSA) is 79.8 Å². The number of carbonyl (C=O) groups is 2. The van der Waals surface area contributed by atoms with Crippen LogP contribution in [0.3, 0.4) is 0 Å². The van der Waals surface area contributed by atoms with E-state index in [1.807, 2.05) is 0 Å². The third-order valence-electron chi connectivity index (χ3n) is 3.48. The van der Waals surface area contributed by atoms with Crippen LogP contribution in [-0.2, 0) is 15.8 Å². The van der Waals surface area contributed by atoms with Gasteiger partial charge >= 0.3 is 6.18 Å². The minimum Gasteiger partial charge on any atom is -0.484 e. The van der Waals surface area contributed by atoms with Crippen molar-refractivity contribution < 1.29 is 27.5 Å². The number of nitrogens with one attached hydrogen (secondary N) is 2. The zero-order valence-electron chi connectivity index (χ0n) is 15.2. The van der Waals surface area contributed by atoms with Crippen LogP contribution in [0.15, 0.2) is 58.1 Å². The fraction of sp³-hybridized carbons (Fsp3) is 0.211. The quantitative estimate of drug-likeness (QED) is 0.464. The summed E-state index contributed by atoms with van der Waals surface area (Å²) in [6, 6.07) is 11.5. The number of nitrogens with zero attached hydrogens (tertiary/aromatic N) is 1. The Morgan fingerprint density at radius 2 is 1.72 bits per heavy atom. The predicted molar refractivity (Wildman–Crippen MR) is 106 cm³/mol. The van der Waals surface area contributed by atoms with Gasteiger partial charge in [-0.1, -0.05) is 28.1 Å². The first-order chi connectivity index (χ1) is 13.6. The molecule has 0 unspecified atom stereocenters. The molecule has 6 nitrogen and oxygen atoms in total. The van der Waals surface area contributed by atoms with Crippen LogP contribution in [0.5, 0.6) is 5.75 Å². The minimum atomic E-state index is -4.59. The molecule has 0 fully saturated rings. The molecule has 0 aliphatic carbocycles. The van der Waals surface area contributed by atoms with Crippen molar-refractivity contribution in [2.45, 2.75) is 19.5 Å². The average Bonchev–Trinajstić information content (AvgIpc) is 2.65. The van der Waals surface area contributed by atoms with Crippen LogP contribution in [0.1, 0.15) is 18.9 Å². The van der Waals surface area contributed by atoms with Gasteiger partial charge in [-0.15, -0.1) is 0 Å². The van der Waals surface area contributed by atoms with Crippen LogP contribution in [0, 0.1) is 0 Å². The summed E-state index contributed by atoms with van der Waals surface area (Å²) in [6.07, 6.45) is -4.88. The highest BCUT2D eigenvalue weighted by Gasteiger charge is 2.33. The Bertz CT molecular complexity index is 900. The number of hydrogen-bond acceptors (Lipinski definition) is 4. The van der Waals surface area contributed by atoms with Crippen molar-refractivity contribution in [2.24, 2.45) is 5.10 Å². The summed E-state index contributed by atoms with van der Waals surface area (Å²) in [5, 5.41) is 5.96. The smallest absolute Gasteiger partial charge is 0.418 e. The summed E-state index contributed by atoms with van der Waals surface area (Å²) in [7, 11) is 0. The van der Waals surface area contributed by atoms with Gasteiger partial charge in [-0.25, -0.2) is 5.43 Å². The Balaban J connectivity index is 1.84. The highest BCUT2D eigenvalue weighted by atomic mass is 79.9. The van der Waals surface area contributed by atoms with Crippen molar-refractivity contribution in [1.82, 2.24) is 5.43 Å². The van der Waals surface area contributed by atoms with E-state index in [0.29, 0.717) is 5.75 Å². The molecule has 0 saturated carbocycles. The standard InChI is InChI=1S/C19H17BrF3N3O3/c1-12(25-26-18(28)11-29-14-8-6-13(20)7-9-14)10-17(27)24-16-5-3-2-4-15(16)19(21,22)23/h2-9H,10-11H2,1H3,(H,24,27)(H,26,28)/b25-12+. The summed E-state index contributed by atoms with van der Waals surface area (Å²) in [5.74, 6) is -0.745. The molecule has 2 aromatic carbocycles. The van der Waals surface area contributed by atoms with Crippen molar-refractivity contribution in [3.63, 3.8) is 0 Å². The van der Waals surface area contributed by atoms with Gasteiger partial charge < -0.3 is 10.1 Å². The highest BCUT2D eigenvalue weighted by Crippen LogP contribution is 2.34. The number of alkyl halides is 3. The maximum atomic E-state index is 12.9. The van der Waals surface area contributed by atoms with Crippen LogP contribution in [0.2, 0.25) is 0 Å². The Morgan fingerprint density at radius 3 is 2.38 bits per heavy atom. The second kappa shape index (κ2) is 10.1. The fourth-order valence-corrected chi connectivity index (χ4v) is 2.44. The predicted octanol–water partition coefficient (Wildman–Crippen LogP) is 4.37. The number of hydrogen-bond donors (Lipinski definition) is 2. The molecule has 0 aromatic heterocycles. The lowest BCUT2D eigenvalue weighted by atomic mass is 10.1. The van der Waals surface area contributed by atoms with Crippen LogP contribution in [-0.4, -0.2) is 24.1 Å². The number of benzene rings is 2. The van der Waals surface area contributed by atoms with Gasteiger partial charge in [0, 0.05) is 10.2 Å². The van der Waals surface area contributed by atoms with Crippen LogP contribution in [0.4, 0.5) is 18.9 Å². The van der Waals surface area contributed by atoms with Gasteiger partial charge in [-0.3, -0.25) is 9.59 Å². The van der Waals surface area contributed by atoms with Crippen LogP contribution < -0.4 is 15.5 Å². The summed E-state index contributed by atoms with van der Waals surface area (Å²) in [4.78, 5) is 23.7. The molecule has 0 aliphatic rings. The van der Waals surface area contributed by atoms with Gasteiger partial charge in [0.25, 0.3) is 5.91 Å². The molecule has 0 aliphatic heterocycles. The monoisotopic (exact) mass is 471 g/mol. The van der Waals surface area contributed by atoms with Gasteiger partial charge in [0.05, 0.1) is 17.7 Å². The van der Waals surface area contributed by atoms with Crippen LogP contribution in [0.25, 0.3) is 0 Å². The van der Waals surface area contributed by atoms with E-state index in [0.717, 1.165) is 16.6 Å². The number of amides is 2. The molecule has 0 radical (unpaired) electrons. The van der Waals surface area contributed by atoms with Crippen molar-refractivity contribution in [3.05, 3.63) is 58.6 Å². The van der Waals surface area contributed by atoms with Crippen LogP contribution >= 0.6 is 15.9 Å². The Labute approximate surface area is 173 Å². The number of para-hydroxylation sites is 1. The Hall–Kier alpha value is -2.88. The molecule has 2 aromatic rings. The third kappa shape index (κ3) is 7.57. The molecule has 0 saturated heterocycles. The second-order valence-electron chi connectivity index (χ2n) is 5.89. The van der Waals surface area contributed by atoms with Gasteiger partial charge in [-0.2, -0.15) is 18.3 Å². The summed E-state index contributed by atoms with van der Waals surface area (Å²) < 4.78 is 45.0. The maximum absolute atomic E-state index is 12.9. The number of hydrazone groups is 1. The van der Waals surface area contributed by atoms with Crippen molar-refractivity contribution in [3.8, 4) is 5.75 Å². The molecule has 2 amide bonds. The molecule has 0 bridgehead atoms. The first kappa shape index (κ1) is 22.4. The Morgan fingerprint density at radius 1 is 1.07 bits per heavy atom. The van der Waals surface area contributed by atoms with E-state index in [2.05, 4.69) is 31.8 Å². The van der Waals surface area contributed by atoms with E-state index in [9.17, 15) is 22.8 Å². The van der Waals surface area contributed by atoms with Gasteiger partial charge in [0.2, 0.25) is 5.91 Å². The third-order valence-corrected chi connectivity index (χ3v) is 4.01. The van der Waals surface area contributed by atoms with Gasteiger partial charge in [0.15, 0.2) is 6.61 Å². The summed E-state index contributed by atoms with van der Waals surface area (Å²) in [6.45, 7) is 1.18. The van der Waals surface area contributed by atoms with E-state index in [1.165, 1.54) is 19.1 Å². The lowest BCUT2D eigenvalue weighted by Crippen LogP contribution is -2.26. The van der Waals surface area contributed by atoms with Crippen molar-refractivity contribution in [1.29, 1.82) is 0 Å². The first-order valence-corrected chi connectivity index (χ1v) is 9.11. The highest BCUT2D eigenvalue weighted by molar-refractivity contribution is 9.10. The van der Waals surface area contributed by atoms with Gasteiger partial charge in [0.1, 0.15) is 5.75 Å². The summed E-state index contributed by atoms with van der Waals surface area (Å²) >= 11 is 3.28. The zero-order chi connectivity index (χ0) is 21.4. The second-order valence-corrected chi connectivity index (χ2v) is 6.81. The van der Waals surface area contributed by atoms with E-state index in [1.54, 1.807) is 24.3 Å². The Kier molecular flexibility index (Phi) is 7.77. The van der Waals surface area contributed by atoms with E-state index >= 15 is 0 Å². The molecule has 2 N–H and O–H groups in total. The minimum absolute atomic E-state index is 0.212. The first-order valence-electron chi connectivity index (χ1n) is 8.31. The number of carbonyl (C=O) groups excluding carboxylic acids is 2. The molecule has 0 atom stereocenters. The molecule has 29 heavy (non-hydrogen) atoms. The lowest BCUT2D eigenvalue weighted by Gasteiger charge is -2.13. The average molecular weight is 472 g/mol. The fourth-order valence-electron chi connectivity index (χ4n) is 2.18. The maximum Gasteiger partial charge on any atom is 0.418 e. The number of ether oxygens (including phenoxy) is 1. The SMILES string of the molecule is C/C(CC(=O)Nc1ccccc1C(F)(F)F)=N\NC(=O)COc1ccc(Br)cc1. The molecular weight excluding hydrogens is 455 g/mol. The molecule has 154 valence electrons. The van der Waals surface area contributed by atoms with E-state index < -0.39 is 23.6 Å². The molecule has 10 heteroatoms. The van der Waals surface area contributed by atoms with Crippen molar-refractivity contribution in [2.75, 3.05) is 11.9 Å². The van der Waals surface area contributed by atoms with Gasteiger partial charge in [-0.05, 0) is 43.3 Å². The van der Waals surface area contributed by atoms with Crippen molar-refractivity contribution >= 4 is 39.1 Å².